The number of hydrogen-bond acceptors (Lipinski definition) is 3. The summed E-state index contributed by atoms with van der Waals surface area (Å²) >= 11 is 0. The summed E-state index contributed by atoms with van der Waals surface area (Å²) < 4.78 is 4.70. The highest BCUT2D eigenvalue weighted by Crippen LogP contribution is 2.06. The number of ether oxygens (including phenoxy) is 1. The minimum absolute atomic E-state index is 0.356. The summed E-state index contributed by atoms with van der Waals surface area (Å²) in [5.74, 6) is 0.356. The average molecular weight is 180 g/mol. The Morgan fingerprint density at radius 3 is 2.85 bits per heavy atom. The standard InChI is InChI=1S/C9H12N2O2/c1-2-7-5-3-4-6-8(11-7)13-9(10)12/h3-6,11H,2H2,1H3,(H2,10,12). The molecule has 1 aliphatic rings. The van der Waals surface area contributed by atoms with Crippen molar-refractivity contribution >= 4 is 6.09 Å². The van der Waals surface area contributed by atoms with Gasteiger partial charge < -0.3 is 15.8 Å². The van der Waals surface area contributed by atoms with E-state index in [0.29, 0.717) is 5.88 Å². The van der Waals surface area contributed by atoms with E-state index in [4.69, 9.17) is 10.5 Å². The van der Waals surface area contributed by atoms with Crippen LogP contribution >= 0.6 is 0 Å². The first-order valence-electron chi connectivity index (χ1n) is 4.04. The molecule has 3 N–H and O–H groups in total. The summed E-state index contributed by atoms with van der Waals surface area (Å²) in [6.07, 6.45) is 7.21. The molecule has 0 atom stereocenters. The van der Waals surface area contributed by atoms with Crippen LogP contribution in [0.4, 0.5) is 4.79 Å². The largest absolute Gasteiger partial charge is 0.411 e. The van der Waals surface area contributed by atoms with Crippen LogP contribution in [0.15, 0.2) is 35.9 Å². The van der Waals surface area contributed by atoms with Crippen molar-refractivity contribution in [1.82, 2.24) is 5.32 Å². The van der Waals surface area contributed by atoms with Crippen LogP contribution in [0, 0.1) is 0 Å². The first-order chi connectivity index (χ1) is 6.22. The van der Waals surface area contributed by atoms with Gasteiger partial charge in [0.15, 0.2) is 0 Å². The summed E-state index contributed by atoms with van der Waals surface area (Å²) in [4.78, 5) is 10.5. The predicted molar refractivity (Wildman–Crippen MR) is 49.4 cm³/mol. The zero-order chi connectivity index (χ0) is 9.68. The van der Waals surface area contributed by atoms with Crippen LogP contribution < -0.4 is 11.1 Å². The number of carbonyl (C=O) groups is 1. The summed E-state index contributed by atoms with van der Waals surface area (Å²) in [6, 6.07) is 0. The molecular formula is C9H12N2O2. The molecule has 0 aliphatic carbocycles. The van der Waals surface area contributed by atoms with Crippen molar-refractivity contribution in [3.8, 4) is 0 Å². The molecule has 13 heavy (non-hydrogen) atoms. The van der Waals surface area contributed by atoms with E-state index in [1.54, 1.807) is 12.2 Å². The Morgan fingerprint density at radius 1 is 1.54 bits per heavy atom. The van der Waals surface area contributed by atoms with Crippen molar-refractivity contribution < 1.29 is 9.53 Å². The van der Waals surface area contributed by atoms with E-state index in [-0.39, 0.29) is 0 Å². The summed E-state index contributed by atoms with van der Waals surface area (Å²) in [5, 5.41) is 2.93. The Bertz CT molecular complexity index is 290. The van der Waals surface area contributed by atoms with Gasteiger partial charge in [0, 0.05) is 5.70 Å². The smallest absolute Gasteiger partial charge is 0.393 e. The monoisotopic (exact) mass is 180 g/mol. The summed E-state index contributed by atoms with van der Waals surface area (Å²) in [5.41, 5.74) is 5.85. The van der Waals surface area contributed by atoms with Gasteiger partial charge in [0.05, 0.1) is 0 Å². The Hall–Kier alpha value is -1.71. The molecule has 0 fully saturated rings. The van der Waals surface area contributed by atoms with E-state index in [0.717, 1.165) is 12.1 Å². The van der Waals surface area contributed by atoms with Crippen molar-refractivity contribution in [3.63, 3.8) is 0 Å². The molecule has 1 heterocycles. The van der Waals surface area contributed by atoms with Crippen LogP contribution in [0.1, 0.15) is 13.3 Å². The lowest BCUT2D eigenvalue weighted by molar-refractivity contribution is 0.181. The number of nitrogens with two attached hydrogens (primary N) is 1. The van der Waals surface area contributed by atoms with Gasteiger partial charge in [-0.2, -0.15) is 0 Å². The summed E-state index contributed by atoms with van der Waals surface area (Å²) in [6.45, 7) is 2.00. The average Bonchev–Trinajstić information content (AvgIpc) is 2.28. The second kappa shape index (κ2) is 4.35. The van der Waals surface area contributed by atoms with Crippen LogP contribution in [0.2, 0.25) is 0 Å². The van der Waals surface area contributed by atoms with E-state index >= 15 is 0 Å². The number of allylic oxidation sites excluding steroid dienone is 5. The van der Waals surface area contributed by atoms with Gasteiger partial charge in [-0.05, 0) is 18.6 Å². The second-order valence-electron chi connectivity index (χ2n) is 2.51. The lowest BCUT2D eigenvalue weighted by atomic mass is 10.3. The predicted octanol–water partition coefficient (Wildman–Crippen LogP) is 1.38. The second-order valence-corrected chi connectivity index (χ2v) is 2.51. The van der Waals surface area contributed by atoms with E-state index in [1.807, 2.05) is 19.1 Å². The quantitative estimate of drug-likeness (QED) is 0.674. The maximum absolute atomic E-state index is 10.5. The van der Waals surface area contributed by atoms with Crippen LogP contribution in [0.3, 0.4) is 0 Å². The van der Waals surface area contributed by atoms with Gasteiger partial charge in [-0.3, -0.25) is 0 Å². The van der Waals surface area contributed by atoms with Gasteiger partial charge in [-0.15, -0.1) is 0 Å². The molecule has 0 unspecified atom stereocenters. The molecule has 4 heteroatoms. The topological polar surface area (TPSA) is 64.3 Å². The molecule has 1 rings (SSSR count). The molecule has 0 aromatic rings. The molecule has 0 spiro atoms. The van der Waals surface area contributed by atoms with Crippen LogP contribution in [-0.2, 0) is 4.74 Å². The third-order valence-corrected chi connectivity index (χ3v) is 1.53. The van der Waals surface area contributed by atoms with E-state index in [2.05, 4.69) is 5.32 Å². The molecule has 0 saturated heterocycles. The normalized spacial score (nSPS) is 15.2. The highest BCUT2D eigenvalue weighted by atomic mass is 16.6. The molecule has 0 aromatic heterocycles. The molecule has 4 nitrogen and oxygen atoms in total. The molecule has 0 radical (unpaired) electrons. The number of hydrogen-bond donors (Lipinski definition) is 2. The Kier molecular flexibility index (Phi) is 3.14. The SMILES string of the molecule is CCC1=CC=CC=C(OC(N)=O)N1. The van der Waals surface area contributed by atoms with E-state index in [9.17, 15) is 4.79 Å². The maximum atomic E-state index is 10.5. The van der Waals surface area contributed by atoms with Crippen LogP contribution in [0.5, 0.6) is 0 Å². The Morgan fingerprint density at radius 2 is 2.23 bits per heavy atom. The Balaban J connectivity index is 2.67. The number of amides is 1. The number of nitrogens with one attached hydrogen (secondary N) is 1. The third kappa shape index (κ3) is 3.02. The van der Waals surface area contributed by atoms with Crippen molar-refractivity contribution in [2.75, 3.05) is 0 Å². The van der Waals surface area contributed by atoms with Gasteiger partial charge in [0.25, 0.3) is 0 Å². The number of primary amides is 1. The molecule has 0 saturated carbocycles. The van der Waals surface area contributed by atoms with Crippen molar-refractivity contribution in [2.45, 2.75) is 13.3 Å². The molecule has 0 aromatic carbocycles. The zero-order valence-corrected chi connectivity index (χ0v) is 7.41. The fraction of sp³-hybridized carbons (Fsp3) is 0.222. The molecular weight excluding hydrogens is 168 g/mol. The van der Waals surface area contributed by atoms with Crippen LogP contribution in [-0.4, -0.2) is 6.09 Å². The lowest BCUT2D eigenvalue weighted by Gasteiger charge is -2.09. The third-order valence-electron chi connectivity index (χ3n) is 1.53. The van der Waals surface area contributed by atoms with Crippen molar-refractivity contribution in [2.24, 2.45) is 5.73 Å². The maximum Gasteiger partial charge on any atom is 0.411 e. The van der Waals surface area contributed by atoms with Crippen LogP contribution in [0.25, 0.3) is 0 Å². The molecule has 1 amide bonds. The Labute approximate surface area is 76.7 Å². The molecule has 0 bridgehead atoms. The fourth-order valence-corrected chi connectivity index (χ4v) is 0.930. The highest BCUT2D eigenvalue weighted by Gasteiger charge is 2.04. The van der Waals surface area contributed by atoms with Crippen molar-refractivity contribution in [3.05, 3.63) is 35.9 Å². The molecule has 1 aliphatic heterocycles. The number of carbonyl (C=O) groups excluding carboxylic acids is 1. The van der Waals surface area contributed by atoms with Gasteiger partial charge in [0.2, 0.25) is 5.88 Å². The summed E-state index contributed by atoms with van der Waals surface area (Å²) in [7, 11) is 0. The first-order valence-corrected chi connectivity index (χ1v) is 4.04. The minimum atomic E-state index is -0.815. The fourth-order valence-electron chi connectivity index (χ4n) is 0.930. The van der Waals surface area contributed by atoms with Gasteiger partial charge in [0.1, 0.15) is 0 Å². The number of rotatable bonds is 2. The first kappa shape index (κ1) is 9.38. The lowest BCUT2D eigenvalue weighted by Crippen LogP contribution is -2.21. The van der Waals surface area contributed by atoms with Gasteiger partial charge in [-0.25, -0.2) is 4.79 Å². The van der Waals surface area contributed by atoms with E-state index < -0.39 is 6.09 Å². The van der Waals surface area contributed by atoms with E-state index in [1.165, 1.54) is 0 Å². The minimum Gasteiger partial charge on any atom is -0.393 e. The van der Waals surface area contributed by atoms with Crippen molar-refractivity contribution in [1.29, 1.82) is 0 Å². The highest BCUT2D eigenvalue weighted by molar-refractivity contribution is 5.66. The zero-order valence-electron chi connectivity index (χ0n) is 7.41. The van der Waals surface area contributed by atoms with Gasteiger partial charge >= 0.3 is 6.09 Å². The van der Waals surface area contributed by atoms with Gasteiger partial charge in [-0.1, -0.05) is 19.1 Å². The molecule has 70 valence electrons.